The highest BCUT2D eigenvalue weighted by Gasteiger charge is 2.43. The van der Waals surface area contributed by atoms with Crippen molar-refractivity contribution in [2.45, 2.75) is 12.5 Å². The molecule has 0 N–H and O–H groups in total. The summed E-state index contributed by atoms with van der Waals surface area (Å²) in [4.78, 5) is 22.7. The Balaban J connectivity index is 2.17. The largest absolute Gasteiger partial charge is 0.516 e. The van der Waals surface area contributed by atoms with Crippen molar-refractivity contribution < 1.29 is 23.8 Å². The second-order valence-corrected chi connectivity index (χ2v) is 4.31. The van der Waals surface area contributed by atoms with Gasteiger partial charge in [0.15, 0.2) is 5.60 Å². The van der Waals surface area contributed by atoms with E-state index in [0.29, 0.717) is 0 Å². The minimum absolute atomic E-state index is 0.143. The molecule has 0 saturated carbocycles. The van der Waals surface area contributed by atoms with Crippen LogP contribution in [0.4, 0.5) is 4.79 Å². The average Bonchev–Trinajstić information content (AvgIpc) is 2.89. The molecule has 1 aromatic rings. The van der Waals surface area contributed by atoms with E-state index in [9.17, 15) is 9.59 Å². The number of thiophene rings is 1. The van der Waals surface area contributed by atoms with Crippen LogP contribution in [-0.4, -0.2) is 19.0 Å². The molecule has 1 atom stereocenters. The topological polar surface area (TPSA) is 61.8 Å². The van der Waals surface area contributed by atoms with E-state index < -0.39 is 11.8 Å². The van der Waals surface area contributed by atoms with Gasteiger partial charge < -0.3 is 14.2 Å². The minimum atomic E-state index is -1.12. The van der Waals surface area contributed by atoms with Gasteiger partial charge in [0.1, 0.15) is 0 Å². The molecule has 2 heterocycles. The first-order chi connectivity index (χ1) is 8.06. The lowest BCUT2D eigenvalue weighted by atomic mass is 9.95. The molecule has 1 aliphatic heterocycles. The van der Waals surface area contributed by atoms with Gasteiger partial charge in [0.25, 0.3) is 5.95 Å². The molecule has 5 nitrogen and oxygen atoms in total. The zero-order chi connectivity index (χ0) is 12.5. The van der Waals surface area contributed by atoms with Gasteiger partial charge in [-0.3, -0.25) is 4.79 Å². The summed E-state index contributed by atoms with van der Waals surface area (Å²) in [7, 11) is 1.18. The number of hydrogen-bond donors (Lipinski definition) is 0. The molecule has 90 valence electrons. The third-order valence-electron chi connectivity index (χ3n) is 2.45. The smallest absolute Gasteiger partial charge is 0.445 e. The van der Waals surface area contributed by atoms with Crippen LogP contribution in [0.15, 0.2) is 28.8 Å². The molecule has 0 spiro atoms. The van der Waals surface area contributed by atoms with Gasteiger partial charge in [0.2, 0.25) is 5.78 Å². The summed E-state index contributed by atoms with van der Waals surface area (Å²) in [6.45, 7) is 1.63. The minimum Gasteiger partial charge on any atom is -0.445 e. The maximum atomic E-state index is 11.8. The van der Waals surface area contributed by atoms with Crippen molar-refractivity contribution in [1.82, 2.24) is 0 Å². The van der Waals surface area contributed by atoms with Crippen LogP contribution >= 0.6 is 11.3 Å². The monoisotopic (exact) mass is 254 g/mol. The molecule has 1 aliphatic rings. The fourth-order valence-electron chi connectivity index (χ4n) is 1.44. The summed E-state index contributed by atoms with van der Waals surface area (Å²) in [6, 6.07) is 1.79. The fourth-order valence-corrected chi connectivity index (χ4v) is 2.19. The lowest BCUT2D eigenvalue weighted by Gasteiger charge is -2.21. The van der Waals surface area contributed by atoms with E-state index in [1.807, 2.05) is 10.8 Å². The molecule has 0 bridgehead atoms. The summed E-state index contributed by atoms with van der Waals surface area (Å²) in [5.74, 6) is -0.412. The van der Waals surface area contributed by atoms with Crippen molar-refractivity contribution in [1.29, 1.82) is 0 Å². The van der Waals surface area contributed by atoms with Crippen LogP contribution in [0.2, 0.25) is 0 Å². The Labute approximate surface area is 102 Å². The van der Waals surface area contributed by atoms with E-state index >= 15 is 0 Å². The highest BCUT2D eigenvalue weighted by molar-refractivity contribution is 7.08. The van der Waals surface area contributed by atoms with E-state index in [-0.39, 0.29) is 11.7 Å². The second-order valence-electron chi connectivity index (χ2n) is 3.53. The first kappa shape index (κ1) is 11.7. The van der Waals surface area contributed by atoms with Gasteiger partial charge >= 0.3 is 6.16 Å². The molecular formula is C11H10O5S. The van der Waals surface area contributed by atoms with Crippen LogP contribution in [0, 0.1) is 0 Å². The zero-order valence-electron chi connectivity index (χ0n) is 9.26. The maximum Gasteiger partial charge on any atom is 0.516 e. The number of carbonyl (C=O) groups is 2. The van der Waals surface area contributed by atoms with Crippen LogP contribution in [0.1, 0.15) is 12.5 Å². The van der Waals surface area contributed by atoms with Gasteiger partial charge in [-0.2, -0.15) is 11.3 Å². The van der Waals surface area contributed by atoms with E-state index in [1.165, 1.54) is 18.4 Å². The summed E-state index contributed by atoms with van der Waals surface area (Å²) in [5, 5.41) is 3.66. The van der Waals surface area contributed by atoms with Gasteiger partial charge in [-0.05, 0) is 23.8 Å². The van der Waals surface area contributed by atoms with Gasteiger partial charge in [0, 0.05) is 5.56 Å². The molecule has 0 aliphatic carbocycles. The Morgan fingerprint density at radius 1 is 1.53 bits per heavy atom. The lowest BCUT2D eigenvalue weighted by Crippen LogP contribution is -2.29. The van der Waals surface area contributed by atoms with Crippen LogP contribution in [-0.2, 0) is 24.6 Å². The van der Waals surface area contributed by atoms with Crippen molar-refractivity contribution in [2.75, 3.05) is 7.11 Å². The highest BCUT2D eigenvalue weighted by atomic mass is 32.1. The third-order valence-corrected chi connectivity index (χ3v) is 3.13. The van der Waals surface area contributed by atoms with Crippen molar-refractivity contribution >= 4 is 23.3 Å². The van der Waals surface area contributed by atoms with Crippen LogP contribution < -0.4 is 0 Å². The fraction of sp³-hybridized carbons (Fsp3) is 0.273. The first-order valence-electron chi connectivity index (χ1n) is 4.80. The molecular weight excluding hydrogens is 244 g/mol. The van der Waals surface area contributed by atoms with Gasteiger partial charge in [-0.15, -0.1) is 0 Å². The molecule has 0 amide bonds. The van der Waals surface area contributed by atoms with Gasteiger partial charge in [0.05, 0.1) is 13.2 Å². The highest BCUT2D eigenvalue weighted by Crippen LogP contribution is 2.36. The average molecular weight is 254 g/mol. The van der Waals surface area contributed by atoms with Gasteiger partial charge in [-0.1, -0.05) is 0 Å². The van der Waals surface area contributed by atoms with E-state index in [1.54, 1.807) is 13.0 Å². The maximum absolute atomic E-state index is 11.8. The molecule has 0 radical (unpaired) electrons. The van der Waals surface area contributed by atoms with E-state index in [4.69, 9.17) is 4.74 Å². The van der Waals surface area contributed by atoms with Crippen LogP contribution in [0.25, 0.3) is 0 Å². The van der Waals surface area contributed by atoms with E-state index in [2.05, 4.69) is 9.47 Å². The lowest BCUT2D eigenvalue weighted by molar-refractivity contribution is -0.132. The number of ketones is 1. The Hall–Kier alpha value is -1.82. The van der Waals surface area contributed by atoms with Crippen molar-refractivity contribution in [2.24, 2.45) is 0 Å². The summed E-state index contributed by atoms with van der Waals surface area (Å²) < 4.78 is 14.4. The van der Waals surface area contributed by atoms with E-state index in [0.717, 1.165) is 11.6 Å². The summed E-state index contributed by atoms with van der Waals surface area (Å²) in [6.07, 6.45) is 0.229. The number of methoxy groups -OCH3 is 1. The normalized spacial score (nSPS) is 22.9. The Bertz CT molecular complexity index is 476. The van der Waals surface area contributed by atoms with Crippen molar-refractivity contribution in [3.8, 4) is 0 Å². The molecule has 17 heavy (non-hydrogen) atoms. The molecule has 0 fully saturated rings. The number of carbonyl (C=O) groups excluding carboxylic acids is 2. The third kappa shape index (κ3) is 2.03. The molecule has 2 rings (SSSR count). The molecule has 6 heteroatoms. The standard InChI is InChI=1S/C11H10O5S/c1-11(7-3-4-17-6-7)8(12)5-9(16-11)15-10(13)14-2/h3-6H,1-2H3. The van der Waals surface area contributed by atoms with Gasteiger partial charge in [-0.25, -0.2) is 4.79 Å². The van der Waals surface area contributed by atoms with Crippen LogP contribution in [0.5, 0.6) is 0 Å². The van der Waals surface area contributed by atoms with Crippen molar-refractivity contribution in [3.05, 3.63) is 34.4 Å². The van der Waals surface area contributed by atoms with Crippen LogP contribution in [0.3, 0.4) is 0 Å². The predicted molar refractivity (Wildman–Crippen MR) is 59.3 cm³/mol. The summed E-state index contributed by atoms with van der Waals surface area (Å²) in [5.41, 5.74) is -0.393. The Morgan fingerprint density at radius 3 is 2.88 bits per heavy atom. The summed E-state index contributed by atoms with van der Waals surface area (Å²) >= 11 is 1.46. The SMILES string of the molecule is COC(=O)OC1=CC(=O)C(C)(c2ccsc2)O1. The first-order valence-corrected chi connectivity index (χ1v) is 5.74. The molecule has 0 aromatic carbocycles. The number of rotatable bonds is 2. The zero-order valence-corrected chi connectivity index (χ0v) is 10.1. The Kier molecular flexibility index (Phi) is 2.89. The number of hydrogen-bond acceptors (Lipinski definition) is 6. The Morgan fingerprint density at radius 2 is 2.29 bits per heavy atom. The predicted octanol–water partition coefficient (Wildman–Crippen LogP) is 2.19. The number of ether oxygens (including phenoxy) is 3. The molecule has 0 saturated heterocycles. The molecule has 1 unspecified atom stereocenters. The second kappa shape index (κ2) is 4.21. The quantitative estimate of drug-likeness (QED) is 0.757. The van der Waals surface area contributed by atoms with Crippen molar-refractivity contribution in [3.63, 3.8) is 0 Å². The molecule has 1 aromatic heterocycles.